The van der Waals surface area contributed by atoms with Crippen LogP contribution in [0.3, 0.4) is 0 Å². The van der Waals surface area contributed by atoms with Gasteiger partial charge in [-0.15, -0.1) is 11.6 Å². The van der Waals surface area contributed by atoms with E-state index < -0.39 is 0 Å². The fraction of sp³-hybridized carbons (Fsp3) is 0.462. The number of hydrogen-bond donors (Lipinski definition) is 0. The smallest absolute Gasteiger partial charge is 0.139 e. The number of aromatic nitrogens is 2. The Morgan fingerprint density at radius 3 is 2.78 bits per heavy atom. The molecule has 1 saturated carbocycles. The minimum Gasteiger partial charge on any atom is -0.323 e. The lowest BCUT2D eigenvalue weighted by molar-refractivity contribution is 0.540. The molecule has 1 aliphatic rings. The molecular formula is C13H13BrClFN2. The van der Waals surface area contributed by atoms with Crippen molar-refractivity contribution in [3.8, 4) is 0 Å². The summed E-state index contributed by atoms with van der Waals surface area (Å²) in [6.07, 6.45) is 1.11. The lowest BCUT2D eigenvalue weighted by Crippen LogP contribution is -2.04. The van der Waals surface area contributed by atoms with Crippen molar-refractivity contribution in [3.05, 3.63) is 28.2 Å². The molecule has 5 heteroatoms. The number of alkyl halides is 1. The molecule has 2 aromatic rings. The van der Waals surface area contributed by atoms with Crippen LogP contribution < -0.4 is 0 Å². The highest BCUT2D eigenvalue weighted by Gasteiger charge is 2.48. The van der Waals surface area contributed by atoms with Crippen molar-refractivity contribution in [2.75, 3.05) is 0 Å². The van der Waals surface area contributed by atoms with Gasteiger partial charge in [0.25, 0.3) is 0 Å². The highest BCUT2D eigenvalue weighted by atomic mass is 79.9. The molecule has 1 fully saturated rings. The molecule has 1 aromatic heterocycles. The van der Waals surface area contributed by atoms with Gasteiger partial charge in [-0.25, -0.2) is 9.37 Å². The van der Waals surface area contributed by atoms with E-state index in [1.807, 2.05) is 0 Å². The number of benzene rings is 1. The topological polar surface area (TPSA) is 17.8 Å². The molecule has 0 bridgehead atoms. The second kappa shape index (κ2) is 3.94. The lowest BCUT2D eigenvalue weighted by atomic mass is 10.2. The maximum absolute atomic E-state index is 13.5. The molecule has 0 spiro atoms. The fourth-order valence-corrected chi connectivity index (χ4v) is 2.98. The molecule has 0 radical (unpaired) electrons. The van der Waals surface area contributed by atoms with Gasteiger partial charge in [-0.2, -0.15) is 0 Å². The van der Waals surface area contributed by atoms with Crippen LogP contribution in [0, 0.1) is 11.2 Å². The van der Waals surface area contributed by atoms with Gasteiger partial charge in [-0.05, 0) is 33.8 Å². The molecule has 0 N–H and O–H groups in total. The zero-order valence-corrected chi connectivity index (χ0v) is 12.5. The highest BCUT2D eigenvalue weighted by molar-refractivity contribution is 9.10. The van der Waals surface area contributed by atoms with Crippen LogP contribution in [0.15, 0.2) is 16.6 Å². The molecule has 0 amide bonds. The number of fused-ring (bicyclic) bond motifs is 1. The van der Waals surface area contributed by atoms with E-state index in [2.05, 4.69) is 39.3 Å². The number of imidazole rings is 1. The summed E-state index contributed by atoms with van der Waals surface area (Å²) in [6, 6.07) is 3.66. The molecule has 18 heavy (non-hydrogen) atoms. The predicted molar refractivity (Wildman–Crippen MR) is 74.4 cm³/mol. The Morgan fingerprint density at radius 1 is 1.56 bits per heavy atom. The molecule has 1 atom stereocenters. The maximum atomic E-state index is 13.5. The molecule has 3 rings (SSSR count). The largest absolute Gasteiger partial charge is 0.323 e. The first kappa shape index (κ1) is 12.4. The molecule has 96 valence electrons. The van der Waals surface area contributed by atoms with Gasteiger partial charge in [0.15, 0.2) is 0 Å². The summed E-state index contributed by atoms with van der Waals surface area (Å²) in [5.74, 6) is 0.878. The second-order valence-electron chi connectivity index (χ2n) is 5.50. The zero-order chi connectivity index (χ0) is 13.1. The van der Waals surface area contributed by atoms with Crippen molar-refractivity contribution in [2.45, 2.75) is 32.2 Å². The molecule has 1 unspecified atom stereocenters. The van der Waals surface area contributed by atoms with E-state index in [0.717, 1.165) is 17.8 Å². The first-order valence-corrected chi connectivity index (χ1v) is 7.18. The quantitative estimate of drug-likeness (QED) is 0.733. The molecule has 1 heterocycles. The zero-order valence-electron chi connectivity index (χ0n) is 10.2. The highest BCUT2D eigenvalue weighted by Crippen LogP contribution is 2.56. The Hall–Kier alpha value is -0.610. The van der Waals surface area contributed by atoms with Crippen LogP contribution in [0.25, 0.3) is 11.0 Å². The molecule has 2 nitrogen and oxygen atoms in total. The molecule has 0 saturated heterocycles. The van der Waals surface area contributed by atoms with Gasteiger partial charge in [-0.1, -0.05) is 13.8 Å². The van der Waals surface area contributed by atoms with Gasteiger partial charge in [0, 0.05) is 12.1 Å². The van der Waals surface area contributed by atoms with Crippen molar-refractivity contribution in [1.82, 2.24) is 9.55 Å². The van der Waals surface area contributed by atoms with Gasteiger partial charge < -0.3 is 4.57 Å². The van der Waals surface area contributed by atoms with Crippen LogP contribution >= 0.6 is 27.5 Å². The Balaban J connectivity index is 2.25. The van der Waals surface area contributed by atoms with Gasteiger partial charge >= 0.3 is 0 Å². The third-order valence-corrected chi connectivity index (χ3v) is 4.54. The lowest BCUT2D eigenvalue weighted by Gasteiger charge is -2.10. The summed E-state index contributed by atoms with van der Waals surface area (Å²) in [7, 11) is 0. The van der Waals surface area contributed by atoms with E-state index >= 15 is 0 Å². The van der Waals surface area contributed by atoms with E-state index in [1.165, 1.54) is 6.07 Å². The molecule has 1 aliphatic carbocycles. The first-order chi connectivity index (χ1) is 8.44. The van der Waals surface area contributed by atoms with Crippen molar-refractivity contribution in [2.24, 2.45) is 5.41 Å². The van der Waals surface area contributed by atoms with Crippen LogP contribution in [0.2, 0.25) is 0 Å². The first-order valence-electron chi connectivity index (χ1n) is 5.86. The Kier molecular flexibility index (Phi) is 2.72. The maximum Gasteiger partial charge on any atom is 0.139 e. The van der Waals surface area contributed by atoms with Crippen molar-refractivity contribution in [1.29, 1.82) is 0 Å². The normalized spacial score (nSPS) is 21.5. The van der Waals surface area contributed by atoms with Crippen molar-refractivity contribution < 1.29 is 4.39 Å². The van der Waals surface area contributed by atoms with Crippen LogP contribution in [-0.2, 0) is 5.88 Å². The number of nitrogens with zero attached hydrogens (tertiary/aromatic N) is 2. The number of rotatable bonds is 2. The van der Waals surface area contributed by atoms with Gasteiger partial charge in [0.2, 0.25) is 0 Å². The third kappa shape index (κ3) is 1.77. The average Bonchev–Trinajstić information content (AvgIpc) is 2.78. The summed E-state index contributed by atoms with van der Waals surface area (Å²) in [6.45, 7) is 4.44. The third-order valence-electron chi connectivity index (χ3n) is 3.70. The minimum absolute atomic E-state index is 0.273. The molecular weight excluding hydrogens is 319 g/mol. The van der Waals surface area contributed by atoms with Crippen molar-refractivity contribution in [3.63, 3.8) is 0 Å². The van der Waals surface area contributed by atoms with Crippen molar-refractivity contribution >= 4 is 38.6 Å². The Labute approximate surface area is 118 Å². The van der Waals surface area contributed by atoms with Crippen LogP contribution in [0.1, 0.15) is 32.1 Å². The summed E-state index contributed by atoms with van der Waals surface area (Å²) in [4.78, 5) is 4.43. The van der Waals surface area contributed by atoms with Gasteiger partial charge in [-0.3, -0.25) is 0 Å². The van der Waals surface area contributed by atoms with E-state index in [9.17, 15) is 4.39 Å². The minimum atomic E-state index is -0.289. The molecule has 1 aromatic carbocycles. The van der Waals surface area contributed by atoms with Crippen LogP contribution in [-0.4, -0.2) is 9.55 Å². The van der Waals surface area contributed by atoms with Crippen LogP contribution in [0.5, 0.6) is 0 Å². The standard InChI is InChI=1S/C13H13BrClFN2/c1-13(2)5-11(13)18-10-3-7(14)8(16)4-9(10)17-12(18)6-15/h3-4,11H,5-6H2,1-2H3. The summed E-state index contributed by atoms with van der Waals surface area (Å²) >= 11 is 9.19. The second-order valence-corrected chi connectivity index (χ2v) is 6.62. The summed E-state index contributed by atoms with van der Waals surface area (Å²) in [5, 5.41) is 0. The predicted octanol–water partition coefficient (Wildman–Crippen LogP) is 4.65. The van der Waals surface area contributed by atoms with E-state index in [0.29, 0.717) is 21.9 Å². The SMILES string of the molecule is CC1(C)CC1n1c(CCl)nc2cc(F)c(Br)cc21. The molecule has 0 aliphatic heterocycles. The van der Waals surface area contributed by atoms with E-state index in [-0.39, 0.29) is 11.2 Å². The van der Waals surface area contributed by atoms with Crippen LogP contribution in [0.4, 0.5) is 4.39 Å². The average molecular weight is 332 g/mol. The van der Waals surface area contributed by atoms with Gasteiger partial charge in [0.1, 0.15) is 11.6 Å². The van der Waals surface area contributed by atoms with E-state index in [1.54, 1.807) is 6.07 Å². The fourth-order valence-electron chi connectivity index (χ4n) is 2.46. The monoisotopic (exact) mass is 330 g/mol. The Morgan fingerprint density at radius 2 is 2.22 bits per heavy atom. The summed E-state index contributed by atoms with van der Waals surface area (Å²) < 4.78 is 16.2. The summed E-state index contributed by atoms with van der Waals surface area (Å²) in [5.41, 5.74) is 1.90. The number of hydrogen-bond acceptors (Lipinski definition) is 1. The Bertz CT molecular complexity index is 635. The van der Waals surface area contributed by atoms with Gasteiger partial charge in [0.05, 0.1) is 21.4 Å². The number of halogens is 3. The van der Waals surface area contributed by atoms with E-state index in [4.69, 9.17) is 11.6 Å².